The number of halogens is 1. The van der Waals surface area contributed by atoms with E-state index in [2.05, 4.69) is 18.9 Å². The molecule has 18 heavy (non-hydrogen) atoms. The minimum absolute atomic E-state index is 0.246. The number of nitrogens with zero attached hydrogens (tertiary/aromatic N) is 2. The first-order valence-corrected chi connectivity index (χ1v) is 7.24. The highest BCUT2D eigenvalue weighted by atomic mass is 35.5. The van der Waals surface area contributed by atoms with Gasteiger partial charge in [0.1, 0.15) is 5.15 Å². The van der Waals surface area contributed by atoms with Gasteiger partial charge in [0.05, 0.1) is 11.8 Å². The van der Waals surface area contributed by atoms with Gasteiger partial charge in [0.2, 0.25) is 0 Å². The Balaban J connectivity index is 2.31. The lowest BCUT2D eigenvalue weighted by molar-refractivity contribution is 0.177. The summed E-state index contributed by atoms with van der Waals surface area (Å²) in [4.78, 5) is 0. The number of hydrogen-bond acceptors (Lipinski definition) is 3. The summed E-state index contributed by atoms with van der Waals surface area (Å²) in [6.45, 7) is 4.11. The summed E-state index contributed by atoms with van der Waals surface area (Å²) in [6, 6.07) is 2.02. The average Bonchev–Trinajstić information content (AvgIpc) is 2.88. The molecule has 2 heterocycles. The Morgan fingerprint density at radius 3 is 2.78 bits per heavy atom. The summed E-state index contributed by atoms with van der Waals surface area (Å²) in [5, 5.41) is 19.4. The third-order valence-electron chi connectivity index (χ3n) is 2.93. The number of hydrogen-bond donors (Lipinski definition) is 1. The maximum absolute atomic E-state index is 10.4. The van der Waals surface area contributed by atoms with E-state index < -0.39 is 6.10 Å². The Kier molecular flexibility index (Phi) is 4.10. The number of thiophene rings is 1. The molecule has 0 saturated heterocycles. The van der Waals surface area contributed by atoms with E-state index in [1.807, 2.05) is 16.8 Å². The number of aryl methyl sites for hydroxylation is 1. The molecule has 0 fully saturated rings. The highest BCUT2D eigenvalue weighted by molar-refractivity contribution is 7.07. The Morgan fingerprint density at radius 1 is 1.50 bits per heavy atom. The molecule has 0 aliphatic heterocycles. The van der Waals surface area contributed by atoms with Crippen molar-refractivity contribution in [3.05, 3.63) is 38.8 Å². The van der Waals surface area contributed by atoms with Crippen LogP contribution in [0.3, 0.4) is 0 Å². The molecule has 2 aromatic heterocycles. The maximum atomic E-state index is 10.4. The van der Waals surface area contributed by atoms with Crippen LogP contribution in [-0.4, -0.2) is 14.9 Å². The minimum Gasteiger partial charge on any atom is -0.388 e. The van der Waals surface area contributed by atoms with Gasteiger partial charge < -0.3 is 5.11 Å². The van der Waals surface area contributed by atoms with Crippen molar-refractivity contribution >= 4 is 22.9 Å². The second-order valence-corrected chi connectivity index (χ2v) is 5.86. The first-order valence-electron chi connectivity index (χ1n) is 5.92. The molecular formula is C13H17ClN2OS. The highest BCUT2D eigenvalue weighted by Crippen LogP contribution is 2.32. The van der Waals surface area contributed by atoms with E-state index >= 15 is 0 Å². The predicted octanol–water partition coefficient (Wildman–Crippen LogP) is 3.53. The van der Waals surface area contributed by atoms with Crippen LogP contribution in [0.15, 0.2) is 16.8 Å². The summed E-state index contributed by atoms with van der Waals surface area (Å²) in [5.74, 6) is 0.246. The van der Waals surface area contributed by atoms with Crippen LogP contribution in [0.25, 0.3) is 0 Å². The molecule has 0 radical (unpaired) electrons. The minimum atomic E-state index is -0.599. The largest absolute Gasteiger partial charge is 0.388 e. The van der Waals surface area contributed by atoms with Gasteiger partial charge in [-0.25, -0.2) is 0 Å². The molecular weight excluding hydrogens is 268 g/mol. The quantitative estimate of drug-likeness (QED) is 0.933. The van der Waals surface area contributed by atoms with Crippen LogP contribution in [0.2, 0.25) is 5.15 Å². The molecule has 0 aliphatic rings. The van der Waals surface area contributed by atoms with Gasteiger partial charge in [-0.15, -0.1) is 0 Å². The zero-order chi connectivity index (χ0) is 13.3. The van der Waals surface area contributed by atoms with Crippen LogP contribution in [0.4, 0.5) is 0 Å². The molecule has 3 nitrogen and oxygen atoms in total. The fourth-order valence-corrected chi connectivity index (χ4v) is 2.95. The molecule has 98 valence electrons. The number of aliphatic hydroxyl groups is 1. The van der Waals surface area contributed by atoms with Gasteiger partial charge in [0.25, 0.3) is 0 Å². The SMILES string of the molecule is CC(C)c1nn(C)c(Cl)c1C(O)Cc1ccsc1. The summed E-state index contributed by atoms with van der Waals surface area (Å²) < 4.78 is 1.63. The van der Waals surface area contributed by atoms with Crippen molar-refractivity contribution in [3.8, 4) is 0 Å². The Hall–Kier alpha value is -0.840. The van der Waals surface area contributed by atoms with Crippen LogP contribution in [0.5, 0.6) is 0 Å². The maximum Gasteiger partial charge on any atom is 0.132 e. The van der Waals surface area contributed by atoms with Crippen molar-refractivity contribution in [2.45, 2.75) is 32.3 Å². The molecule has 5 heteroatoms. The van der Waals surface area contributed by atoms with E-state index in [-0.39, 0.29) is 5.92 Å². The fourth-order valence-electron chi connectivity index (χ4n) is 2.01. The van der Waals surface area contributed by atoms with Crippen LogP contribution in [-0.2, 0) is 13.5 Å². The highest BCUT2D eigenvalue weighted by Gasteiger charge is 2.23. The summed E-state index contributed by atoms with van der Waals surface area (Å²) in [5.41, 5.74) is 2.77. The zero-order valence-electron chi connectivity index (χ0n) is 10.7. The summed E-state index contributed by atoms with van der Waals surface area (Å²) >= 11 is 7.87. The van der Waals surface area contributed by atoms with E-state index in [0.717, 1.165) is 16.8 Å². The van der Waals surface area contributed by atoms with Gasteiger partial charge in [-0.3, -0.25) is 4.68 Å². The van der Waals surface area contributed by atoms with Crippen molar-refractivity contribution in [3.63, 3.8) is 0 Å². The lowest BCUT2D eigenvalue weighted by Crippen LogP contribution is -2.05. The van der Waals surface area contributed by atoms with Crippen molar-refractivity contribution in [1.82, 2.24) is 9.78 Å². The normalized spacial score (nSPS) is 13.2. The first-order chi connectivity index (χ1) is 8.50. The molecule has 0 aromatic carbocycles. The average molecular weight is 285 g/mol. The monoisotopic (exact) mass is 284 g/mol. The molecule has 0 bridgehead atoms. The van der Waals surface area contributed by atoms with Crippen LogP contribution < -0.4 is 0 Å². The second kappa shape index (κ2) is 5.43. The zero-order valence-corrected chi connectivity index (χ0v) is 12.3. The van der Waals surface area contributed by atoms with E-state index in [0.29, 0.717) is 11.6 Å². The topological polar surface area (TPSA) is 38.0 Å². The molecule has 1 N–H and O–H groups in total. The van der Waals surface area contributed by atoms with Crippen LogP contribution >= 0.6 is 22.9 Å². The molecule has 0 spiro atoms. The molecule has 2 aromatic rings. The molecule has 1 unspecified atom stereocenters. The molecule has 0 aliphatic carbocycles. The Labute approximate surface area is 116 Å². The number of aromatic nitrogens is 2. The lowest BCUT2D eigenvalue weighted by atomic mass is 9.99. The van der Waals surface area contributed by atoms with E-state index in [1.165, 1.54) is 0 Å². The van der Waals surface area contributed by atoms with Gasteiger partial charge in [-0.2, -0.15) is 16.4 Å². The van der Waals surface area contributed by atoms with Gasteiger partial charge >= 0.3 is 0 Å². The smallest absolute Gasteiger partial charge is 0.132 e. The summed E-state index contributed by atoms with van der Waals surface area (Å²) in [7, 11) is 1.80. The van der Waals surface area contributed by atoms with Crippen molar-refractivity contribution in [1.29, 1.82) is 0 Å². The van der Waals surface area contributed by atoms with Gasteiger partial charge in [0.15, 0.2) is 0 Å². The van der Waals surface area contributed by atoms with Crippen LogP contribution in [0.1, 0.15) is 42.7 Å². The van der Waals surface area contributed by atoms with Crippen LogP contribution in [0, 0.1) is 0 Å². The third-order valence-corrected chi connectivity index (χ3v) is 4.11. The van der Waals surface area contributed by atoms with E-state index in [1.54, 1.807) is 23.1 Å². The summed E-state index contributed by atoms with van der Waals surface area (Å²) in [6.07, 6.45) is -0.0209. The van der Waals surface area contributed by atoms with E-state index in [4.69, 9.17) is 11.6 Å². The Bertz CT molecular complexity index is 519. The number of aliphatic hydroxyl groups excluding tert-OH is 1. The van der Waals surface area contributed by atoms with E-state index in [9.17, 15) is 5.11 Å². The second-order valence-electron chi connectivity index (χ2n) is 4.72. The Morgan fingerprint density at radius 2 is 2.22 bits per heavy atom. The fraction of sp³-hybridized carbons (Fsp3) is 0.462. The molecule has 1 atom stereocenters. The van der Waals surface area contributed by atoms with Gasteiger partial charge in [0, 0.05) is 19.0 Å². The molecule has 0 saturated carbocycles. The number of rotatable bonds is 4. The lowest BCUT2D eigenvalue weighted by Gasteiger charge is -2.12. The van der Waals surface area contributed by atoms with Crippen molar-refractivity contribution in [2.24, 2.45) is 7.05 Å². The van der Waals surface area contributed by atoms with Crippen molar-refractivity contribution in [2.75, 3.05) is 0 Å². The third kappa shape index (κ3) is 2.60. The first kappa shape index (κ1) is 13.6. The van der Waals surface area contributed by atoms with Gasteiger partial charge in [-0.05, 0) is 28.3 Å². The molecule has 2 rings (SSSR count). The predicted molar refractivity (Wildman–Crippen MR) is 75.3 cm³/mol. The van der Waals surface area contributed by atoms with Crippen molar-refractivity contribution < 1.29 is 5.11 Å². The van der Waals surface area contributed by atoms with Gasteiger partial charge in [-0.1, -0.05) is 25.4 Å². The molecule has 0 amide bonds. The standard InChI is InChI=1S/C13H17ClN2OS/c1-8(2)12-11(13(14)16(3)15-12)10(17)6-9-4-5-18-7-9/h4-5,7-8,10,17H,6H2,1-3H3.